The number of aryl methyl sites for hydroxylation is 1. The molecule has 0 spiro atoms. The lowest BCUT2D eigenvalue weighted by atomic mass is 9.96. The molecule has 0 saturated carbocycles. The van der Waals surface area contributed by atoms with Gasteiger partial charge in [0.2, 0.25) is 0 Å². The van der Waals surface area contributed by atoms with E-state index in [1.54, 1.807) is 7.11 Å². The molecule has 0 amide bonds. The average molecular weight is 273 g/mol. The van der Waals surface area contributed by atoms with Crippen molar-refractivity contribution in [3.63, 3.8) is 0 Å². The Hall–Kier alpha value is -0.540. The highest BCUT2D eigenvalue weighted by Crippen LogP contribution is 2.37. The number of aliphatic hydroxyl groups is 1. The van der Waals surface area contributed by atoms with Gasteiger partial charge >= 0.3 is 0 Å². The molecule has 0 aliphatic rings. The summed E-state index contributed by atoms with van der Waals surface area (Å²) in [5, 5.41) is 9.19. The van der Waals surface area contributed by atoms with Crippen LogP contribution in [0.5, 0.6) is 5.75 Å². The molecule has 0 heterocycles. The summed E-state index contributed by atoms with van der Waals surface area (Å²) in [5.74, 6) is 0.926. The van der Waals surface area contributed by atoms with E-state index in [1.165, 1.54) is 11.1 Å². The Labute approximate surface area is 99.4 Å². The van der Waals surface area contributed by atoms with E-state index in [-0.39, 0.29) is 12.5 Å². The molecule has 0 radical (unpaired) electrons. The Bertz CT molecular complexity index is 361. The first-order chi connectivity index (χ1) is 7.02. The van der Waals surface area contributed by atoms with Crippen molar-refractivity contribution in [3.05, 3.63) is 27.2 Å². The molecule has 0 aliphatic heterocycles. The number of ether oxygens (including phenoxy) is 1. The number of benzene rings is 1. The topological polar surface area (TPSA) is 29.5 Å². The van der Waals surface area contributed by atoms with Gasteiger partial charge in [0, 0.05) is 18.1 Å². The zero-order valence-electron chi connectivity index (χ0n) is 9.60. The lowest BCUT2D eigenvalue weighted by Crippen LogP contribution is -2.04. The van der Waals surface area contributed by atoms with Crippen molar-refractivity contribution in [2.75, 3.05) is 13.7 Å². The molecule has 15 heavy (non-hydrogen) atoms. The van der Waals surface area contributed by atoms with Crippen LogP contribution in [0.15, 0.2) is 10.5 Å². The molecule has 0 fully saturated rings. The van der Waals surface area contributed by atoms with Gasteiger partial charge in [0.25, 0.3) is 0 Å². The van der Waals surface area contributed by atoms with Crippen molar-refractivity contribution in [2.24, 2.45) is 0 Å². The summed E-state index contributed by atoms with van der Waals surface area (Å²) in [6.07, 6.45) is 0. The number of aliphatic hydroxyl groups excluding tert-OH is 1. The maximum Gasteiger partial charge on any atom is 0.136 e. The number of halogens is 1. The lowest BCUT2D eigenvalue weighted by molar-refractivity contribution is 0.269. The van der Waals surface area contributed by atoms with E-state index in [1.807, 2.05) is 6.92 Å². The first kappa shape index (κ1) is 12.5. The van der Waals surface area contributed by atoms with Crippen molar-refractivity contribution in [2.45, 2.75) is 26.7 Å². The summed E-state index contributed by atoms with van der Waals surface area (Å²) in [6, 6.07) is 2.08. The normalized spacial score (nSPS) is 12.7. The standard InChI is InChI=1S/C12H17BrO2/c1-7-5-10(8(2)6-14)12(15-4)11(13)9(7)3/h5,8,14H,6H2,1-4H3. The first-order valence-electron chi connectivity index (χ1n) is 4.97. The van der Waals surface area contributed by atoms with Gasteiger partial charge in [0.05, 0.1) is 11.6 Å². The molecule has 2 nitrogen and oxygen atoms in total. The fourth-order valence-electron chi connectivity index (χ4n) is 1.55. The minimum atomic E-state index is 0.0931. The first-order valence-corrected chi connectivity index (χ1v) is 5.76. The molecule has 1 rings (SSSR count). The number of hydrogen-bond donors (Lipinski definition) is 1. The molecule has 1 atom stereocenters. The predicted octanol–water partition coefficient (Wildman–Crippen LogP) is 3.17. The monoisotopic (exact) mass is 272 g/mol. The highest BCUT2D eigenvalue weighted by Gasteiger charge is 2.16. The second-order valence-electron chi connectivity index (χ2n) is 3.84. The van der Waals surface area contributed by atoms with Gasteiger partial charge in [-0.15, -0.1) is 0 Å². The molecule has 1 N–H and O–H groups in total. The maximum atomic E-state index is 9.19. The van der Waals surface area contributed by atoms with Gasteiger partial charge in [-0.2, -0.15) is 0 Å². The molecular weight excluding hydrogens is 256 g/mol. The van der Waals surface area contributed by atoms with Crippen LogP contribution in [0, 0.1) is 13.8 Å². The zero-order chi connectivity index (χ0) is 11.6. The van der Waals surface area contributed by atoms with Crippen molar-refractivity contribution in [1.29, 1.82) is 0 Å². The van der Waals surface area contributed by atoms with E-state index in [2.05, 4.69) is 35.8 Å². The fraction of sp³-hybridized carbons (Fsp3) is 0.500. The van der Waals surface area contributed by atoms with Crippen LogP contribution in [-0.2, 0) is 0 Å². The van der Waals surface area contributed by atoms with Gasteiger partial charge in [0.15, 0.2) is 0 Å². The molecule has 0 aliphatic carbocycles. The summed E-state index contributed by atoms with van der Waals surface area (Å²) in [6.45, 7) is 6.23. The minimum Gasteiger partial charge on any atom is -0.495 e. The lowest BCUT2D eigenvalue weighted by Gasteiger charge is -2.18. The summed E-state index contributed by atoms with van der Waals surface area (Å²) in [4.78, 5) is 0. The molecule has 1 aromatic carbocycles. The molecule has 0 saturated heterocycles. The van der Waals surface area contributed by atoms with Crippen molar-refractivity contribution >= 4 is 15.9 Å². The smallest absolute Gasteiger partial charge is 0.136 e. The van der Waals surface area contributed by atoms with Gasteiger partial charge in [0.1, 0.15) is 5.75 Å². The highest BCUT2D eigenvalue weighted by molar-refractivity contribution is 9.10. The van der Waals surface area contributed by atoms with Crippen molar-refractivity contribution in [3.8, 4) is 5.75 Å². The summed E-state index contributed by atoms with van der Waals surface area (Å²) >= 11 is 3.53. The fourth-order valence-corrected chi connectivity index (χ4v) is 2.25. The third-order valence-electron chi connectivity index (χ3n) is 2.76. The molecule has 84 valence electrons. The van der Waals surface area contributed by atoms with E-state index < -0.39 is 0 Å². The number of methoxy groups -OCH3 is 1. The average Bonchev–Trinajstić information content (AvgIpc) is 2.24. The van der Waals surface area contributed by atoms with Crippen LogP contribution in [0.25, 0.3) is 0 Å². The zero-order valence-corrected chi connectivity index (χ0v) is 11.2. The summed E-state index contributed by atoms with van der Waals surface area (Å²) in [5.41, 5.74) is 3.44. The van der Waals surface area contributed by atoms with E-state index in [0.29, 0.717) is 0 Å². The summed E-state index contributed by atoms with van der Waals surface area (Å²) in [7, 11) is 1.66. The van der Waals surface area contributed by atoms with Crippen LogP contribution in [0.2, 0.25) is 0 Å². The molecule has 0 aromatic heterocycles. The molecule has 1 unspecified atom stereocenters. The third kappa shape index (κ3) is 2.34. The number of hydrogen-bond acceptors (Lipinski definition) is 2. The SMILES string of the molecule is COc1c(C(C)CO)cc(C)c(C)c1Br. The van der Waals surface area contributed by atoms with Crippen LogP contribution in [0.4, 0.5) is 0 Å². The molecular formula is C12H17BrO2. The van der Waals surface area contributed by atoms with E-state index >= 15 is 0 Å². The van der Waals surface area contributed by atoms with Gasteiger partial charge in [-0.05, 0) is 40.9 Å². The largest absolute Gasteiger partial charge is 0.495 e. The number of rotatable bonds is 3. The van der Waals surface area contributed by atoms with Crippen LogP contribution >= 0.6 is 15.9 Å². The minimum absolute atomic E-state index is 0.0931. The van der Waals surface area contributed by atoms with Gasteiger partial charge in [-0.1, -0.05) is 13.0 Å². The van der Waals surface area contributed by atoms with Crippen LogP contribution in [0.3, 0.4) is 0 Å². The van der Waals surface area contributed by atoms with E-state index in [0.717, 1.165) is 15.8 Å². The maximum absolute atomic E-state index is 9.19. The highest BCUT2D eigenvalue weighted by atomic mass is 79.9. The second-order valence-corrected chi connectivity index (χ2v) is 4.63. The van der Waals surface area contributed by atoms with E-state index in [4.69, 9.17) is 4.74 Å². The Morgan fingerprint density at radius 2 is 2.07 bits per heavy atom. The van der Waals surface area contributed by atoms with Crippen LogP contribution in [0.1, 0.15) is 29.5 Å². The molecule has 1 aromatic rings. The predicted molar refractivity (Wildman–Crippen MR) is 65.7 cm³/mol. The Morgan fingerprint density at radius 1 is 1.47 bits per heavy atom. The van der Waals surface area contributed by atoms with Gasteiger partial charge < -0.3 is 9.84 Å². The van der Waals surface area contributed by atoms with Crippen molar-refractivity contribution in [1.82, 2.24) is 0 Å². The Kier molecular flexibility index (Phi) is 4.17. The van der Waals surface area contributed by atoms with Crippen LogP contribution in [-0.4, -0.2) is 18.8 Å². The third-order valence-corrected chi connectivity index (χ3v) is 3.72. The molecule has 0 bridgehead atoms. The molecule has 3 heteroatoms. The van der Waals surface area contributed by atoms with Crippen LogP contribution < -0.4 is 4.74 Å². The quantitative estimate of drug-likeness (QED) is 0.916. The van der Waals surface area contributed by atoms with E-state index in [9.17, 15) is 5.11 Å². The second kappa shape index (κ2) is 4.99. The Morgan fingerprint density at radius 3 is 2.53 bits per heavy atom. The van der Waals surface area contributed by atoms with Crippen molar-refractivity contribution < 1.29 is 9.84 Å². The van der Waals surface area contributed by atoms with Gasteiger partial charge in [-0.3, -0.25) is 0 Å². The van der Waals surface area contributed by atoms with Gasteiger partial charge in [-0.25, -0.2) is 0 Å². The summed E-state index contributed by atoms with van der Waals surface area (Å²) < 4.78 is 6.36. The Balaban J connectivity index is 3.38.